The average Bonchev–Trinajstić information content (AvgIpc) is 3.16. The summed E-state index contributed by atoms with van der Waals surface area (Å²) in [5.74, 6) is 0.926. The van der Waals surface area contributed by atoms with Gasteiger partial charge in [0.05, 0.1) is 6.04 Å². The SMILES string of the molecule is Clc1ccc(NCCSc2nnnn2C2CCCC2)cc1. The number of anilines is 1. The van der Waals surface area contributed by atoms with Crippen LogP contribution in [0.15, 0.2) is 29.4 Å². The minimum absolute atomic E-state index is 0.492. The molecule has 0 spiro atoms. The molecule has 1 aliphatic carbocycles. The molecule has 1 heterocycles. The lowest BCUT2D eigenvalue weighted by Gasteiger charge is -2.11. The van der Waals surface area contributed by atoms with Crippen LogP contribution in [0.1, 0.15) is 31.7 Å². The third kappa shape index (κ3) is 3.89. The van der Waals surface area contributed by atoms with Crippen molar-refractivity contribution in [2.45, 2.75) is 36.9 Å². The molecule has 0 radical (unpaired) electrons. The van der Waals surface area contributed by atoms with Gasteiger partial charge in [0.15, 0.2) is 0 Å². The molecule has 112 valence electrons. The second-order valence-electron chi connectivity index (χ2n) is 5.13. The molecule has 0 saturated heterocycles. The summed E-state index contributed by atoms with van der Waals surface area (Å²) in [6.45, 7) is 0.865. The number of nitrogens with zero attached hydrogens (tertiary/aromatic N) is 4. The number of hydrogen-bond donors (Lipinski definition) is 1. The lowest BCUT2D eigenvalue weighted by atomic mass is 10.3. The highest BCUT2D eigenvalue weighted by molar-refractivity contribution is 7.99. The van der Waals surface area contributed by atoms with Gasteiger partial charge in [0.25, 0.3) is 0 Å². The standard InChI is InChI=1S/C14H18ClN5S/c15-11-5-7-12(8-6-11)16-9-10-21-14-17-18-19-20(14)13-3-1-2-4-13/h5-8,13,16H,1-4,9-10H2. The summed E-state index contributed by atoms with van der Waals surface area (Å²) < 4.78 is 2.00. The van der Waals surface area contributed by atoms with Crippen molar-refractivity contribution in [3.8, 4) is 0 Å². The van der Waals surface area contributed by atoms with Crippen LogP contribution >= 0.6 is 23.4 Å². The Morgan fingerprint density at radius 1 is 1.24 bits per heavy atom. The summed E-state index contributed by atoms with van der Waals surface area (Å²) in [5.41, 5.74) is 1.08. The highest BCUT2D eigenvalue weighted by Gasteiger charge is 2.21. The molecule has 0 amide bonds. The van der Waals surface area contributed by atoms with E-state index in [0.29, 0.717) is 6.04 Å². The Morgan fingerprint density at radius 2 is 2.00 bits per heavy atom. The van der Waals surface area contributed by atoms with Gasteiger partial charge in [0.1, 0.15) is 0 Å². The summed E-state index contributed by atoms with van der Waals surface area (Å²) >= 11 is 7.56. The van der Waals surface area contributed by atoms with Crippen LogP contribution in [0, 0.1) is 0 Å². The lowest BCUT2D eigenvalue weighted by molar-refractivity contribution is 0.423. The van der Waals surface area contributed by atoms with E-state index in [-0.39, 0.29) is 0 Å². The monoisotopic (exact) mass is 323 g/mol. The molecule has 1 aromatic heterocycles. The van der Waals surface area contributed by atoms with E-state index in [1.54, 1.807) is 11.8 Å². The van der Waals surface area contributed by atoms with Crippen molar-refractivity contribution in [3.05, 3.63) is 29.3 Å². The maximum atomic E-state index is 5.86. The van der Waals surface area contributed by atoms with Gasteiger partial charge in [0, 0.05) is 23.0 Å². The van der Waals surface area contributed by atoms with Gasteiger partial charge in [-0.15, -0.1) is 5.10 Å². The van der Waals surface area contributed by atoms with Crippen molar-refractivity contribution >= 4 is 29.1 Å². The molecule has 0 atom stereocenters. The van der Waals surface area contributed by atoms with Gasteiger partial charge in [-0.3, -0.25) is 0 Å². The Bertz CT molecular complexity index is 565. The summed E-state index contributed by atoms with van der Waals surface area (Å²) in [4.78, 5) is 0. The fourth-order valence-electron chi connectivity index (χ4n) is 2.56. The van der Waals surface area contributed by atoms with Gasteiger partial charge < -0.3 is 5.32 Å². The van der Waals surface area contributed by atoms with E-state index in [9.17, 15) is 0 Å². The molecule has 0 unspecified atom stereocenters. The normalized spacial score (nSPS) is 15.5. The van der Waals surface area contributed by atoms with Crippen molar-refractivity contribution < 1.29 is 0 Å². The summed E-state index contributed by atoms with van der Waals surface area (Å²) in [7, 11) is 0. The van der Waals surface area contributed by atoms with Crippen molar-refractivity contribution in [3.63, 3.8) is 0 Å². The zero-order chi connectivity index (χ0) is 14.5. The first-order valence-electron chi connectivity index (χ1n) is 7.23. The third-order valence-corrected chi connectivity index (χ3v) is 4.83. The molecular weight excluding hydrogens is 306 g/mol. The van der Waals surface area contributed by atoms with Crippen LogP contribution in [0.3, 0.4) is 0 Å². The fourth-order valence-corrected chi connectivity index (χ4v) is 3.49. The first-order chi connectivity index (χ1) is 10.3. The topological polar surface area (TPSA) is 55.6 Å². The van der Waals surface area contributed by atoms with Crippen molar-refractivity contribution in [1.82, 2.24) is 20.2 Å². The van der Waals surface area contributed by atoms with Gasteiger partial charge in [-0.2, -0.15) is 0 Å². The number of nitrogens with one attached hydrogen (secondary N) is 1. The smallest absolute Gasteiger partial charge is 0.209 e. The van der Waals surface area contributed by atoms with Crippen LogP contribution in [0.4, 0.5) is 5.69 Å². The van der Waals surface area contributed by atoms with Crippen molar-refractivity contribution in [1.29, 1.82) is 0 Å². The van der Waals surface area contributed by atoms with E-state index in [1.165, 1.54) is 25.7 Å². The second kappa shape index (κ2) is 7.13. The van der Waals surface area contributed by atoms with E-state index in [4.69, 9.17) is 11.6 Å². The first kappa shape index (κ1) is 14.7. The molecule has 0 bridgehead atoms. The Hall–Kier alpha value is -1.27. The van der Waals surface area contributed by atoms with Crippen LogP contribution in [0.25, 0.3) is 0 Å². The molecule has 1 saturated carbocycles. The molecule has 1 fully saturated rings. The number of benzene rings is 1. The Kier molecular flexibility index (Phi) is 4.98. The van der Waals surface area contributed by atoms with Crippen LogP contribution in [-0.2, 0) is 0 Å². The second-order valence-corrected chi connectivity index (χ2v) is 6.62. The fraction of sp³-hybridized carbons (Fsp3) is 0.500. The number of aromatic nitrogens is 4. The van der Waals surface area contributed by atoms with Crippen LogP contribution in [-0.4, -0.2) is 32.5 Å². The minimum Gasteiger partial charge on any atom is -0.384 e. The maximum Gasteiger partial charge on any atom is 0.209 e. The summed E-state index contributed by atoms with van der Waals surface area (Å²) in [6.07, 6.45) is 4.96. The molecule has 5 nitrogen and oxygen atoms in total. The van der Waals surface area contributed by atoms with E-state index in [1.807, 2.05) is 28.9 Å². The molecule has 3 rings (SSSR count). The highest BCUT2D eigenvalue weighted by atomic mass is 35.5. The number of rotatable bonds is 6. The molecule has 21 heavy (non-hydrogen) atoms. The summed E-state index contributed by atoms with van der Waals surface area (Å²) in [6, 6.07) is 8.23. The van der Waals surface area contributed by atoms with Gasteiger partial charge in [-0.1, -0.05) is 36.2 Å². The van der Waals surface area contributed by atoms with E-state index in [2.05, 4.69) is 20.8 Å². The maximum absolute atomic E-state index is 5.86. The number of hydrogen-bond acceptors (Lipinski definition) is 5. The van der Waals surface area contributed by atoms with E-state index < -0.39 is 0 Å². The third-order valence-electron chi connectivity index (χ3n) is 3.64. The number of halogens is 1. The molecule has 1 aromatic carbocycles. The van der Waals surface area contributed by atoms with Crippen molar-refractivity contribution in [2.75, 3.05) is 17.6 Å². The van der Waals surface area contributed by atoms with Gasteiger partial charge in [-0.05, 0) is 47.5 Å². The highest BCUT2D eigenvalue weighted by Crippen LogP contribution is 2.31. The zero-order valence-electron chi connectivity index (χ0n) is 11.7. The molecule has 7 heteroatoms. The van der Waals surface area contributed by atoms with Crippen LogP contribution < -0.4 is 5.32 Å². The first-order valence-corrected chi connectivity index (χ1v) is 8.59. The van der Waals surface area contributed by atoms with E-state index in [0.717, 1.165) is 28.2 Å². The molecule has 0 aliphatic heterocycles. The van der Waals surface area contributed by atoms with Crippen molar-refractivity contribution in [2.24, 2.45) is 0 Å². The van der Waals surface area contributed by atoms with Gasteiger partial charge in [0.2, 0.25) is 5.16 Å². The minimum atomic E-state index is 0.492. The van der Waals surface area contributed by atoms with Gasteiger partial charge in [-0.25, -0.2) is 4.68 Å². The van der Waals surface area contributed by atoms with Crippen LogP contribution in [0.5, 0.6) is 0 Å². The zero-order valence-corrected chi connectivity index (χ0v) is 13.3. The Morgan fingerprint density at radius 3 is 2.76 bits per heavy atom. The van der Waals surface area contributed by atoms with Crippen LogP contribution in [0.2, 0.25) is 5.02 Å². The van der Waals surface area contributed by atoms with Gasteiger partial charge >= 0.3 is 0 Å². The van der Waals surface area contributed by atoms with E-state index >= 15 is 0 Å². The molecule has 1 N–H and O–H groups in total. The number of thioether (sulfide) groups is 1. The molecular formula is C14H18ClN5S. The lowest BCUT2D eigenvalue weighted by Crippen LogP contribution is -2.10. The quantitative estimate of drug-likeness (QED) is 0.649. The Balaban J connectivity index is 1.47. The largest absolute Gasteiger partial charge is 0.384 e. The molecule has 2 aromatic rings. The summed E-state index contributed by atoms with van der Waals surface area (Å²) in [5, 5.41) is 17.2. The predicted molar refractivity (Wildman–Crippen MR) is 86.0 cm³/mol. The predicted octanol–water partition coefficient (Wildman–Crippen LogP) is 3.65. The molecule has 1 aliphatic rings. The Labute approximate surface area is 133 Å². The average molecular weight is 324 g/mol. The number of tetrazole rings is 1.